The molecule has 1 aromatic rings. The molecule has 0 saturated carbocycles. The number of para-hydroxylation sites is 2. The lowest BCUT2D eigenvalue weighted by molar-refractivity contribution is -0.131. The van der Waals surface area contributed by atoms with Crippen LogP contribution in [-0.2, 0) is 4.79 Å². The molecule has 110 valence electrons. The molecular weight excluding hydrogens is 278 g/mol. The zero-order valence-corrected chi connectivity index (χ0v) is 12.5. The summed E-state index contributed by atoms with van der Waals surface area (Å²) in [6.07, 6.45) is 0.135. The summed E-state index contributed by atoms with van der Waals surface area (Å²) < 4.78 is 11.2. The van der Waals surface area contributed by atoms with Crippen molar-refractivity contribution in [3.05, 3.63) is 24.3 Å². The van der Waals surface area contributed by atoms with Crippen molar-refractivity contribution >= 4 is 17.5 Å². The van der Waals surface area contributed by atoms with Crippen molar-refractivity contribution in [2.24, 2.45) is 5.92 Å². The minimum absolute atomic E-state index is 0.0563. The van der Waals surface area contributed by atoms with Crippen molar-refractivity contribution in [2.75, 3.05) is 12.5 Å². The molecule has 0 radical (unpaired) electrons. The number of amides is 1. The van der Waals surface area contributed by atoms with Gasteiger partial charge in [0, 0.05) is 11.9 Å². The third-order valence-electron chi connectivity index (χ3n) is 3.35. The molecule has 2 unspecified atom stereocenters. The van der Waals surface area contributed by atoms with Crippen LogP contribution in [0.4, 0.5) is 0 Å². The molecule has 1 aliphatic heterocycles. The first-order valence-electron chi connectivity index (χ1n) is 6.86. The predicted molar refractivity (Wildman–Crippen MR) is 78.5 cm³/mol. The molecule has 0 aromatic heterocycles. The van der Waals surface area contributed by atoms with Crippen molar-refractivity contribution in [3.8, 4) is 11.5 Å². The van der Waals surface area contributed by atoms with E-state index in [2.05, 4.69) is 19.2 Å². The van der Waals surface area contributed by atoms with Crippen LogP contribution in [0.3, 0.4) is 0 Å². The van der Waals surface area contributed by atoms with Crippen LogP contribution >= 0.6 is 11.6 Å². The third kappa shape index (κ3) is 3.57. The summed E-state index contributed by atoms with van der Waals surface area (Å²) in [4.78, 5) is 12.2. The van der Waals surface area contributed by atoms with Gasteiger partial charge in [-0.3, -0.25) is 4.79 Å². The molecule has 2 atom stereocenters. The van der Waals surface area contributed by atoms with E-state index in [1.807, 2.05) is 18.2 Å². The van der Waals surface area contributed by atoms with Gasteiger partial charge in [-0.05, 0) is 24.5 Å². The van der Waals surface area contributed by atoms with E-state index in [0.29, 0.717) is 23.3 Å². The summed E-state index contributed by atoms with van der Waals surface area (Å²) in [5.41, 5.74) is 0. The summed E-state index contributed by atoms with van der Waals surface area (Å²) in [5, 5.41) is 2.99. The number of hydrogen-bond acceptors (Lipinski definition) is 3. The molecule has 1 aliphatic rings. The van der Waals surface area contributed by atoms with Gasteiger partial charge in [-0.25, -0.2) is 0 Å². The Kier molecular flexibility index (Phi) is 5.12. The van der Waals surface area contributed by atoms with Crippen LogP contribution in [0.5, 0.6) is 11.5 Å². The fourth-order valence-corrected chi connectivity index (χ4v) is 2.35. The number of carbonyl (C=O) groups is 1. The van der Waals surface area contributed by atoms with Crippen molar-refractivity contribution < 1.29 is 14.3 Å². The Morgan fingerprint density at radius 2 is 2.10 bits per heavy atom. The molecule has 5 heteroatoms. The van der Waals surface area contributed by atoms with Gasteiger partial charge >= 0.3 is 0 Å². The minimum atomic E-state index is -0.610. The lowest BCUT2D eigenvalue weighted by Crippen LogP contribution is -2.49. The Morgan fingerprint density at radius 1 is 1.40 bits per heavy atom. The number of hydrogen-bond donors (Lipinski definition) is 1. The Bertz CT molecular complexity index is 464. The molecule has 20 heavy (non-hydrogen) atoms. The highest BCUT2D eigenvalue weighted by molar-refractivity contribution is 6.17. The van der Waals surface area contributed by atoms with Gasteiger partial charge < -0.3 is 14.8 Å². The molecule has 0 saturated heterocycles. The number of carbonyl (C=O) groups excluding carboxylic acids is 1. The highest BCUT2D eigenvalue weighted by Gasteiger charge is 2.29. The van der Waals surface area contributed by atoms with E-state index in [4.69, 9.17) is 21.1 Å². The maximum Gasteiger partial charge on any atom is 0.264 e. The highest BCUT2D eigenvalue weighted by atomic mass is 35.5. The first kappa shape index (κ1) is 15.0. The summed E-state index contributed by atoms with van der Waals surface area (Å²) in [7, 11) is 0. The number of nitrogens with one attached hydrogen (secondary N) is 1. The topological polar surface area (TPSA) is 47.6 Å². The molecule has 4 nitrogen and oxygen atoms in total. The Hall–Kier alpha value is -1.42. The molecule has 0 spiro atoms. The average Bonchev–Trinajstić information content (AvgIpc) is 2.46. The third-order valence-corrected chi connectivity index (χ3v) is 3.57. The van der Waals surface area contributed by atoms with Gasteiger partial charge in [0.25, 0.3) is 5.91 Å². The standard InChI is InChI=1S/C15H20ClNO3/c1-10(2)11(7-8-16)17-15(18)14-9-19-12-5-3-4-6-13(12)20-14/h3-6,10-11,14H,7-9H2,1-2H3,(H,17,18). The highest BCUT2D eigenvalue weighted by Crippen LogP contribution is 2.30. The van der Waals surface area contributed by atoms with E-state index in [-0.39, 0.29) is 18.6 Å². The second-order valence-corrected chi connectivity index (χ2v) is 5.58. The van der Waals surface area contributed by atoms with E-state index in [1.165, 1.54) is 0 Å². The second-order valence-electron chi connectivity index (χ2n) is 5.20. The van der Waals surface area contributed by atoms with Gasteiger partial charge in [0.15, 0.2) is 11.5 Å². The zero-order chi connectivity index (χ0) is 14.5. The molecule has 2 rings (SSSR count). The average molecular weight is 298 g/mol. The van der Waals surface area contributed by atoms with Crippen molar-refractivity contribution in [1.82, 2.24) is 5.32 Å². The summed E-state index contributed by atoms with van der Waals surface area (Å²) in [6, 6.07) is 7.41. The van der Waals surface area contributed by atoms with Gasteiger partial charge in [-0.15, -0.1) is 11.6 Å². The van der Waals surface area contributed by atoms with Crippen molar-refractivity contribution in [1.29, 1.82) is 0 Å². The van der Waals surface area contributed by atoms with E-state index >= 15 is 0 Å². The normalized spacial score (nSPS) is 18.7. The van der Waals surface area contributed by atoms with E-state index in [1.54, 1.807) is 6.07 Å². The van der Waals surface area contributed by atoms with Crippen LogP contribution in [0, 0.1) is 5.92 Å². The number of benzene rings is 1. The van der Waals surface area contributed by atoms with Crippen molar-refractivity contribution in [2.45, 2.75) is 32.4 Å². The predicted octanol–water partition coefficient (Wildman–Crippen LogP) is 2.60. The summed E-state index contributed by atoms with van der Waals surface area (Å²) in [6.45, 7) is 4.35. The van der Waals surface area contributed by atoms with Crippen LogP contribution in [0.15, 0.2) is 24.3 Å². The summed E-state index contributed by atoms with van der Waals surface area (Å²) >= 11 is 5.77. The van der Waals surface area contributed by atoms with Crippen molar-refractivity contribution in [3.63, 3.8) is 0 Å². The van der Waals surface area contributed by atoms with Gasteiger partial charge in [0.1, 0.15) is 6.61 Å². The van der Waals surface area contributed by atoms with Gasteiger partial charge in [0.2, 0.25) is 6.10 Å². The fourth-order valence-electron chi connectivity index (χ4n) is 2.11. The first-order valence-corrected chi connectivity index (χ1v) is 7.40. The Morgan fingerprint density at radius 3 is 2.75 bits per heavy atom. The molecule has 1 heterocycles. The molecular formula is C15H20ClNO3. The molecule has 0 aliphatic carbocycles. The summed E-state index contributed by atoms with van der Waals surface area (Å²) in [5.74, 6) is 1.99. The molecule has 1 aromatic carbocycles. The number of fused-ring (bicyclic) bond motifs is 1. The van der Waals surface area contributed by atoms with E-state index < -0.39 is 6.10 Å². The quantitative estimate of drug-likeness (QED) is 0.850. The van der Waals surface area contributed by atoms with Crippen LogP contribution in [0.1, 0.15) is 20.3 Å². The SMILES string of the molecule is CC(C)C(CCCl)NC(=O)C1COc2ccccc2O1. The lowest BCUT2D eigenvalue weighted by Gasteiger charge is -2.28. The number of halogens is 1. The molecule has 0 fully saturated rings. The minimum Gasteiger partial charge on any atom is -0.485 e. The smallest absolute Gasteiger partial charge is 0.264 e. The van der Waals surface area contributed by atoms with Gasteiger partial charge in [-0.1, -0.05) is 26.0 Å². The van der Waals surface area contributed by atoms with E-state index in [0.717, 1.165) is 6.42 Å². The van der Waals surface area contributed by atoms with Crippen LogP contribution in [0.2, 0.25) is 0 Å². The maximum atomic E-state index is 12.2. The molecule has 1 amide bonds. The number of ether oxygens (including phenoxy) is 2. The van der Waals surface area contributed by atoms with Crippen LogP contribution in [-0.4, -0.2) is 30.5 Å². The first-order chi connectivity index (χ1) is 9.61. The second kappa shape index (κ2) is 6.84. The zero-order valence-electron chi connectivity index (χ0n) is 11.8. The maximum absolute atomic E-state index is 12.2. The Labute approximate surface area is 124 Å². The molecule has 0 bridgehead atoms. The Balaban J connectivity index is 1.97. The van der Waals surface area contributed by atoms with Gasteiger partial charge in [0.05, 0.1) is 0 Å². The largest absolute Gasteiger partial charge is 0.485 e. The lowest BCUT2D eigenvalue weighted by atomic mass is 10.0. The number of rotatable bonds is 5. The van der Waals surface area contributed by atoms with Crippen LogP contribution in [0.25, 0.3) is 0 Å². The fraction of sp³-hybridized carbons (Fsp3) is 0.533. The monoisotopic (exact) mass is 297 g/mol. The van der Waals surface area contributed by atoms with Crippen LogP contribution < -0.4 is 14.8 Å². The molecule has 1 N–H and O–H groups in total. The number of alkyl halides is 1. The van der Waals surface area contributed by atoms with E-state index in [9.17, 15) is 4.79 Å². The van der Waals surface area contributed by atoms with Gasteiger partial charge in [-0.2, -0.15) is 0 Å².